The summed E-state index contributed by atoms with van der Waals surface area (Å²) < 4.78 is 5.08. The van der Waals surface area contributed by atoms with Gasteiger partial charge in [0.1, 0.15) is 5.75 Å². The number of nitrogens with one attached hydrogen (secondary N) is 1. The highest BCUT2D eigenvalue weighted by atomic mass is 16.5. The van der Waals surface area contributed by atoms with Crippen molar-refractivity contribution in [2.75, 3.05) is 12.8 Å². The Morgan fingerprint density at radius 3 is 2.89 bits per heavy atom. The fraction of sp³-hybridized carbons (Fsp3) is 0.357. The second kappa shape index (κ2) is 6.55. The maximum atomic E-state index is 12.1. The highest BCUT2D eigenvalue weighted by molar-refractivity contribution is 6.00. The first-order chi connectivity index (χ1) is 8.63. The quantitative estimate of drug-likeness (QED) is 0.615. The zero-order valence-corrected chi connectivity index (χ0v) is 10.7. The first-order valence-electron chi connectivity index (χ1n) is 5.80. The van der Waals surface area contributed by atoms with Gasteiger partial charge in [-0.05, 0) is 18.6 Å². The van der Waals surface area contributed by atoms with Gasteiger partial charge in [-0.3, -0.25) is 4.79 Å². The molecule has 0 saturated carbocycles. The zero-order chi connectivity index (χ0) is 13.5. The maximum absolute atomic E-state index is 12.1. The van der Waals surface area contributed by atoms with E-state index in [0.29, 0.717) is 23.4 Å². The smallest absolute Gasteiger partial charge is 0.253 e. The first kappa shape index (κ1) is 13.9. The van der Waals surface area contributed by atoms with Gasteiger partial charge in [-0.2, -0.15) is 0 Å². The Balaban J connectivity index is 2.88. The van der Waals surface area contributed by atoms with Gasteiger partial charge in [0.2, 0.25) is 0 Å². The summed E-state index contributed by atoms with van der Waals surface area (Å²) in [6.07, 6.45) is 6.53. The lowest BCUT2D eigenvalue weighted by Gasteiger charge is -2.16. The van der Waals surface area contributed by atoms with Gasteiger partial charge in [0, 0.05) is 12.5 Å². The molecule has 0 aromatic heterocycles. The number of benzene rings is 1. The molecule has 96 valence electrons. The summed E-state index contributed by atoms with van der Waals surface area (Å²) in [7, 11) is 1.51. The number of hydrogen-bond donors (Lipinski definition) is 2. The summed E-state index contributed by atoms with van der Waals surface area (Å²) in [4.78, 5) is 12.1. The SMILES string of the molecule is C#CCC(CC)NC(=O)c1cccc(OC)c1N. The van der Waals surface area contributed by atoms with Crippen LogP contribution in [0.25, 0.3) is 0 Å². The molecule has 1 aromatic rings. The second-order valence-electron chi connectivity index (χ2n) is 3.91. The number of ether oxygens (including phenoxy) is 1. The van der Waals surface area contributed by atoms with Gasteiger partial charge >= 0.3 is 0 Å². The monoisotopic (exact) mass is 246 g/mol. The van der Waals surface area contributed by atoms with Crippen molar-refractivity contribution in [3.05, 3.63) is 23.8 Å². The molecule has 0 saturated heterocycles. The van der Waals surface area contributed by atoms with E-state index < -0.39 is 0 Å². The predicted molar refractivity (Wildman–Crippen MR) is 72.4 cm³/mol. The molecule has 1 amide bonds. The first-order valence-corrected chi connectivity index (χ1v) is 5.80. The third kappa shape index (κ3) is 3.17. The molecule has 0 fully saturated rings. The molecule has 1 aromatic carbocycles. The van der Waals surface area contributed by atoms with Gasteiger partial charge in [0.25, 0.3) is 5.91 Å². The molecule has 3 N–H and O–H groups in total. The Morgan fingerprint density at radius 2 is 2.33 bits per heavy atom. The van der Waals surface area contributed by atoms with E-state index in [1.165, 1.54) is 7.11 Å². The summed E-state index contributed by atoms with van der Waals surface area (Å²) in [5.41, 5.74) is 6.61. The van der Waals surface area contributed by atoms with Gasteiger partial charge in [0.15, 0.2) is 0 Å². The van der Waals surface area contributed by atoms with Gasteiger partial charge in [-0.1, -0.05) is 13.0 Å². The third-order valence-electron chi connectivity index (χ3n) is 2.72. The minimum absolute atomic E-state index is 0.0342. The van der Waals surface area contributed by atoms with Crippen molar-refractivity contribution in [2.24, 2.45) is 0 Å². The van der Waals surface area contributed by atoms with Crippen molar-refractivity contribution >= 4 is 11.6 Å². The fourth-order valence-corrected chi connectivity index (χ4v) is 1.62. The van der Waals surface area contributed by atoms with Crippen LogP contribution < -0.4 is 15.8 Å². The third-order valence-corrected chi connectivity index (χ3v) is 2.72. The van der Waals surface area contributed by atoms with Crippen molar-refractivity contribution in [3.63, 3.8) is 0 Å². The Hall–Kier alpha value is -2.15. The van der Waals surface area contributed by atoms with Crippen LogP contribution in [0.1, 0.15) is 30.1 Å². The molecule has 0 radical (unpaired) electrons. The van der Waals surface area contributed by atoms with E-state index in [4.69, 9.17) is 16.9 Å². The minimum Gasteiger partial charge on any atom is -0.495 e. The van der Waals surface area contributed by atoms with Crippen molar-refractivity contribution < 1.29 is 9.53 Å². The molecule has 1 rings (SSSR count). The van der Waals surface area contributed by atoms with Crippen molar-refractivity contribution in [1.82, 2.24) is 5.32 Å². The molecule has 0 bridgehead atoms. The summed E-state index contributed by atoms with van der Waals surface area (Å²) in [5.74, 6) is 2.81. The summed E-state index contributed by atoms with van der Waals surface area (Å²) >= 11 is 0. The number of nitrogen functional groups attached to an aromatic ring is 1. The van der Waals surface area contributed by atoms with Gasteiger partial charge < -0.3 is 15.8 Å². The lowest BCUT2D eigenvalue weighted by atomic mass is 10.1. The van der Waals surface area contributed by atoms with Crippen molar-refractivity contribution in [2.45, 2.75) is 25.8 Å². The van der Waals surface area contributed by atoms with Crippen LogP contribution in [0.15, 0.2) is 18.2 Å². The van der Waals surface area contributed by atoms with Gasteiger partial charge in [0.05, 0.1) is 18.4 Å². The normalized spacial score (nSPS) is 11.4. The Labute approximate surface area is 108 Å². The number of para-hydroxylation sites is 1. The molecule has 0 aliphatic carbocycles. The number of amides is 1. The van der Waals surface area contributed by atoms with E-state index >= 15 is 0 Å². The molecule has 4 heteroatoms. The lowest BCUT2D eigenvalue weighted by Crippen LogP contribution is -2.34. The zero-order valence-electron chi connectivity index (χ0n) is 10.7. The van der Waals surface area contributed by atoms with E-state index in [0.717, 1.165) is 6.42 Å². The Morgan fingerprint density at radius 1 is 1.61 bits per heavy atom. The number of carbonyl (C=O) groups excluding carboxylic acids is 1. The van der Waals surface area contributed by atoms with Gasteiger partial charge in [-0.25, -0.2) is 0 Å². The molecular weight excluding hydrogens is 228 g/mol. The van der Waals surface area contributed by atoms with Crippen LogP contribution in [-0.4, -0.2) is 19.1 Å². The van der Waals surface area contributed by atoms with E-state index in [1.54, 1.807) is 18.2 Å². The number of methoxy groups -OCH3 is 1. The fourth-order valence-electron chi connectivity index (χ4n) is 1.62. The number of terminal acetylenes is 1. The molecule has 1 atom stereocenters. The minimum atomic E-state index is -0.228. The highest BCUT2D eigenvalue weighted by Gasteiger charge is 2.15. The maximum Gasteiger partial charge on any atom is 0.253 e. The van der Waals surface area contributed by atoms with E-state index in [-0.39, 0.29) is 11.9 Å². The average molecular weight is 246 g/mol. The Kier molecular flexibility index (Phi) is 5.06. The molecule has 0 aliphatic heterocycles. The summed E-state index contributed by atoms with van der Waals surface area (Å²) in [6, 6.07) is 5.07. The standard InChI is InChI=1S/C14H18N2O2/c1-4-7-10(5-2)16-14(17)11-8-6-9-12(18-3)13(11)15/h1,6,8-10H,5,7,15H2,2-3H3,(H,16,17). The van der Waals surface area contributed by atoms with Crippen LogP contribution in [0.3, 0.4) is 0 Å². The van der Waals surface area contributed by atoms with Crippen LogP contribution in [0.2, 0.25) is 0 Å². The van der Waals surface area contributed by atoms with Crippen LogP contribution in [0, 0.1) is 12.3 Å². The number of anilines is 1. The molecule has 0 spiro atoms. The summed E-state index contributed by atoms with van der Waals surface area (Å²) in [6.45, 7) is 1.97. The number of hydrogen-bond acceptors (Lipinski definition) is 3. The van der Waals surface area contributed by atoms with Crippen LogP contribution in [0.4, 0.5) is 5.69 Å². The Bertz CT molecular complexity index is 463. The average Bonchev–Trinajstić information content (AvgIpc) is 2.38. The van der Waals surface area contributed by atoms with Crippen LogP contribution in [0.5, 0.6) is 5.75 Å². The molecule has 1 unspecified atom stereocenters. The topological polar surface area (TPSA) is 64.3 Å². The second-order valence-corrected chi connectivity index (χ2v) is 3.91. The van der Waals surface area contributed by atoms with E-state index in [2.05, 4.69) is 11.2 Å². The highest BCUT2D eigenvalue weighted by Crippen LogP contribution is 2.24. The van der Waals surface area contributed by atoms with Crippen LogP contribution >= 0.6 is 0 Å². The lowest BCUT2D eigenvalue weighted by molar-refractivity contribution is 0.0937. The van der Waals surface area contributed by atoms with Crippen molar-refractivity contribution in [3.8, 4) is 18.1 Å². The van der Waals surface area contributed by atoms with E-state index in [1.807, 2.05) is 6.92 Å². The van der Waals surface area contributed by atoms with Crippen molar-refractivity contribution in [1.29, 1.82) is 0 Å². The molecule has 18 heavy (non-hydrogen) atoms. The number of nitrogens with two attached hydrogens (primary N) is 1. The molecular formula is C14H18N2O2. The summed E-state index contributed by atoms with van der Waals surface area (Å²) in [5, 5.41) is 2.86. The van der Waals surface area contributed by atoms with Gasteiger partial charge in [-0.15, -0.1) is 12.3 Å². The molecule has 4 nitrogen and oxygen atoms in total. The number of rotatable bonds is 5. The largest absolute Gasteiger partial charge is 0.495 e. The molecule has 0 aliphatic rings. The molecule has 0 heterocycles. The van der Waals surface area contributed by atoms with Crippen LogP contribution in [-0.2, 0) is 0 Å². The predicted octanol–water partition coefficient (Wildman–Crippen LogP) is 1.81. The number of carbonyl (C=O) groups is 1. The van der Waals surface area contributed by atoms with E-state index in [9.17, 15) is 4.79 Å².